The SMILES string of the molecule is CCn1c2cc3c4sc(N(c5ccccc5)c5cc6ccccc6c6ccccc56)cc4n(CC)c3cc2c2sc(N(c3ccccc3)c3cc4ccccc4c4ccccc34)cc21.CCn1c2cc3c4sc(N(c5ccccc5)c5ccc6c(ccc7ccccc76)c5)cc4n(CC)c3cc2c2sc(N(c3ccccc3)c3ccc4c(ccc5ccccc54)c3)cc21. The van der Waals surface area contributed by atoms with Crippen LogP contribution in [0.3, 0.4) is 0 Å². The maximum Gasteiger partial charge on any atom is 0.103 e. The first kappa shape index (κ1) is 75.7. The van der Waals surface area contributed by atoms with Crippen LogP contribution in [0.4, 0.5) is 65.5 Å². The smallest absolute Gasteiger partial charge is 0.103 e. The monoisotopic (exact) mass is 1720 g/mol. The first-order valence-corrected chi connectivity index (χ1v) is 47.6. The fourth-order valence-electron chi connectivity index (χ4n) is 20.7. The number of nitrogens with zero attached hydrogens (tertiary/aromatic N) is 8. The number of aryl methyl sites for hydroxylation is 4. The summed E-state index contributed by atoms with van der Waals surface area (Å²) in [6.07, 6.45) is 0. The van der Waals surface area contributed by atoms with Crippen LogP contribution in [0, 0.1) is 0 Å². The van der Waals surface area contributed by atoms with E-state index in [0.717, 1.165) is 60.3 Å². The fraction of sp³-hybridized carbons (Fsp3) is 0.0690. The van der Waals surface area contributed by atoms with Crippen molar-refractivity contribution in [2.24, 2.45) is 0 Å². The van der Waals surface area contributed by atoms with Crippen LogP contribution in [-0.4, -0.2) is 18.3 Å². The van der Waals surface area contributed by atoms with Crippen LogP contribution in [0.25, 0.3) is 171 Å². The van der Waals surface area contributed by atoms with Crippen LogP contribution in [0.15, 0.2) is 388 Å². The van der Waals surface area contributed by atoms with Crippen LogP contribution in [0.2, 0.25) is 0 Å². The Labute approximate surface area is 755 Å². The lowest BCUT2D eigenvalue weighted by Gasteiger charge is -2.26. The lowest BCUT2D eigenvalue weighted by molar-refractivity contribution is 0.825. The Balaban J connectivity index is 0.000000139. The second-order valence-electron chi connectivity index (χ2n) is 33.3. The highest BCUT2D eigenvalue weighted by Crippen LogP contribution is 2.55. The summed E-state index contributed by atoms with van der Waals surface area (Å²) in [5, 5.41) is 30.3. The molecule has 0 aliphatic rings. The Kier molecular flexibility index (Phi) is 18.1. The van der Waals surface area contributed by atoms with Crippen molar-refractivity contribution in [2.45, 2.75) is 53.9 Å². The molecule has 0 radical (unpaired) electrons. The second kappa shape index (κ2) is 30.5. The van der Waals surface area contributed by atoms with Crippen molar-refractivity contribution < 1.29 is 0 Å². The predicted molar refractivity (Wildman–Crippen MR) is 558 cm³/mol. The Morgan fingerprint density at radius 2 is 0.406 bits per heavy atom. The summed E-state index contributed by atoms with van der Waals surface area (Å²) in [6, 6.07) is 143. The van der Waals surface area contributed by atoms with Gasteiger partial charge in [0.05, 0.1) is 74.3 Å². The van der Waals surface area contributed by atoms with Crippen molar-refractivity contribution in [1.29, 1.82) is 0 Å². The molecule has 0 atom stereocenters. The zero-order valence-corrected chi connectivity index (χ0v) is 74.3. The summed E-state index contributed by atoms with van der Waals surface area (Å²) in [7, 11) is 0. The van der Waals surface area contributed by atoms with Crippen molar-refractivity contribution in [2.75, 3.05) is 19.6 Å². The summed E-state index contributed by atoms with van der Waals surface area (Å²) < 4.78 is 15.4. The number of rotatable bonds is 16. The molecule has 0 spiro atoms. The minimum absolute atomic E-state index is 0.871. The van der Waals surface area contributed by atoms with Gasteiger partial charge in [0.1, 0.15) is 20.0 Å². The molecule has 0 aliphatic carbocycles. The molecule has 0 N–H and O–H groups in total. The second-order valence-corrected chi connectivity index (χ2v) is 37.5. The molecule has 0 fully saturated rings. The van der Waals surface area contributed by atoms with E-state index in [4.69, 9.17) is 0 Å². The minimum Gasteiger partial charge on any atom is -0.340 e. The van der Waals surface area contributed by atoms with Crippen molar-refractivity contribution >= 4 is 282 Å². The van der Waals surface area contributed by atoms with E-state index in [1.165, 1.54) is 202 Å². The van der Waals surface area contributed by atoms with Crippen LogP contribution < -0.4 is 19.6 Å². The number of aromatic nitrogens is 4. The molecule has 0 bridgehead atoms. The first-order chi connectivity index (χ1) is 63.3. The molecule has 0 aliphatic heterocycles. The van der Waals surface area contributed by atoms with E-state index in [1.54, 1.807) is 0 Å². The first-order valence-electron chi connectivity index (χ1n) is 44.4. The van der Waals surface area contributed by atoms with E-state index in [0.29, 0.717) is 0 Å². The number of fused-ring (bicyclic) bond motifs is 24. The highest BCUT2D eigenvalue weighted by atomic mass is 32.1. The summed E-state index contributed by atoms with van der Waals surface area (Å²) in [6.45, 7) is 12.6. The van der Waals surface area contributed by atoms with Gasteiger partial charge in [-0.15, -0.1) is 45.3 Å². The van der Waals surface area contributed by atoms with Gasteiger partial charge in [-0.3, -0.25) is 0 Å². The van der Waals surface area contributed by atoms with Gasteiger partial charge in [-0.1, -0.05) is 255 Å². The molecule has 26 rings (SSSR count). The van der Waals surface area contributed by atoms with E-state index >= 15 is 0 Å². The van der Waals surface area contributed by atoms with Crippen molar-refractivity contribution in [3.8, 4) is 0 Å². The quantitative estimate of drug-likeness (QED) is 0.0903. The Hall–Kier alpha value is -14.8. The fourth-order valence-corrected chi connectivity index (χ4v) is 25.7. The maximum atomic E-state index is 2.53. The average molecular weight is 1720 g/mol. The van der Waals surface area contributed by atoms with Gasteiger partial charge in [-0.25, -0.2) is 0 Å². The van der Waals surface area contributed by atoms with E-state index in [1.807, 2.05) is 45.3 Å². The van der Waals surface area contributed by atoms with Gasteiger partial charge in [0, 0.05) is 92.6 Å². The average Bonchev–Trinajstić information content (AvgIpc) is 1.55. The molecule has 8 aromatic heterocycles. The lowest BCUT2D eigenvalue weighted by atomic mass is 9.99. The number of thiophene rings is 4. The van der Waals surface area contributed by atoms with Gasteiger partial charge in [0.2, 0.25) is 0 Å². The van der Waals surface area contributed by atoms with E-state index in [2.05, 4.69) is 454 Å². The number of benzene rings is 18. The molecule has 0 amide bonds. The summed E-state index contributed by atoms with van der Waals surface area (Å²) >= 11 is 7.59. The highest BCUT2D eigenvalue weighted by molar-refractivity contribution is 7.25. The third kappa shape index (κ3) is 12.0. The van der Waals surface area contributed by atoms with Crippen LogP contribution in [-0.2, 0) is 26.2 Å². The largest absolute Gasteiger partial charge is 0.340 e. The molecule has 8 heterocycles. The molecule has 12 heteroatoms. The zero-order valence-electron chi connectivity index (χ0n) is 71.0. The van der Waals surface area contributed by atoms with Crippen LogP contribution in [0.5, 0.6) is 0 Å². The number of para-hydroxylation sites is 4. The Bertz CT molecular complexity index is 8410. The molecule has 612 valence electrons. The van der Waals surface area contributed by atoms with Gasteiger partial charge in [0.25, 0.3) is 0 Å². The summed E-state index contributed by atoms with van der Waals surface area (Å²) in [4.78, 5) is 9.83. The summed E-state index contributed by atoms with van der Waals surface area (Å²) in [5.74, 6) is 0. The van der Waals surface area contributed by atoms with E-state index < -0.39 is 0 Å². The van der Waals surface area contributed by atoms with Crippen molar-refractivity contribution in [3.63, 3.8) is 0 Å². The van der Waals surface area contributed by atoms with Crippen LogP contribution >= 0.6 is 45.3 Å². The lowest BCUT2D eigenvalue weighted by Crippen LogP contribution is -2.09. The molecule has 8 nitrogen and oxygen atoms in total. The molecule has 18 aromatic carbocycles. The van der Waals surface area contributed by atoms with Gasteiger partial charge in [-0.05, 0) is 237 Å². The van der Waals surface area contributed by atoms with Gasteiger partial charge in [0.15, 0.2) is 0 Å². The highest BCUT2D eigenvalue weighted by Gasteiger charge is 2.30. The normalized spacial score (nSPS) is 12.0. The van der Waals surface area contributed by atoms with Gasteiger partial charge < -0.3 is 37.9 Å². The Morgan fingerprint density at radius 3 is 0.719 bits per heavy atom. The molecule has 26 aromatic rings. The number of hydrogen-bond acceptors (Lipinski definition) is 8. The topological polar surface area (TPSA) is 32.7 Å². The standard InChI is InChI=1S/2C58H42N4S2/c1-3-59-49-33-48-50(34-47(49)57-53(59)35-55(63-57)61(39-21-7-5-8-22-39)51-31-37-19-11-13-25-41(37)43-27-15-17-29-45(43)51)60(4-2)54-36-56(64-58(48)54)62(40-23-9-6-10-24-40)52-32-38-20-12-14-26-42(38)44-28-16-18-30-46(44)52;1-3-59-51-33-50-52(34-49(51)57-53(59)35-55(63-57)61(41-17-7-5-8-18-41)43-27-29-47-39(31-43)25-23-37-15-11-13-21-45(37)47)60(4-2)54-36-56(64-58(50)54)62(42-19-9-6-10-20-42)44-28-30-48-40(32-44)26-24-38-16-12-14-22-46(38)48/h2*5-36H,3-4H2,1-2H3. The maximum absolute atomic E-state index is 2.53. The molecule has 128 heavy (non-hydrogen) atoms. The van der Waals surface area contributed by atoms with E-state index in [-0.39, 0.29) is 0 Å². The molecular weight excluding hydrogens is 1630 g/mol. The zero-order chi connectivity index (χ0) is 84.9. The van der Waals surface area contributed by atoms with Gasteiger partial charge in [-0.2, -0.15) is 0 Å². The van der Waals surface area contributed by atoms with Crippen LogP contribution in [0.1, 0.15) is 27.7 Å². The summed E-state index contributed by atoms with van der Waals surface area (Å²) in [5.41, 5.74) is 19.6. The molecule has 0 saturated heterocycles. The molecular formula is C116H84N8S4. The third-order valence-electron chi connectivity index (χ3n) is 26.5. The molecule has 0 unspecified atom stereocenters. The van der Waals surface area contributed by atoms with Crippen molar-refractivity contribution in [3.05, 3.63) is 388 Å². The van der Waals surface area contributed by atoms with Crippen molar-refractivity contribution in [1.82, 2.24) is 18.3 Å². The minimum atomic E-state index is 0.871. The number of anilines is 12. The Morgan fingerprint density at radius 1 is 0.172 bits per heavy atom. The third-order valence-corrected chi connectivity index (χ3v) is 31.1. The van der Waals surface area contributed by atoms with Gasteiger partial charge >= 0.3 is 0 Å². The predicted octanol–water partition coefficient (Wildman–Crippen LogP) is 35.2. The van der Waals surface area contributed by atoms with E-state index in [9.17, 15) is 0 Å². The molecule has 0 saturated carbocycles. The number of hydrogen-bond donors (Lipinski definition) is 0.